The van der Waals surface area contributed by atoms with E-state index < -0.39 is 0 Å². The Labute approximate surface area is 113 Å². The molecule has 0 amide bonds. The molecular weight excluding hydrogens is 228 g/mol. The quantitative estimate of drug-likeness (QED) is 0.597. The van der Waals surface area contributed by atoms with Crippen molar-refractivity contribution in [1.82, 2.24) is 0 Å². The van der Waals surface area contributed by atoms with Crippen molar-refractivity contribution >= 4 is 0 Å². The molecule has 3 nitrogen and oxygen atoms in total. The lowest BCUT2D eigenvalue weighted by Crippen LogP contribution is -1.85. The summed E-state index contributed by atoms with van der Waals surface area (Å²) in [5, 5.41) is 15.2. The minimum Gasteiger partial charge on any atom is -0.474 e. The Morgan fingerprint density at radius 1 is 0.722 bits per heavy atom. The largest absolute Gasteiger partial charge is 0.474 e. The van der Waals surface area contributed by atoms with Gasteiger partial charge in [-0.05, 0) is 20.8 Å². The number of allylic oxidation sites excluding steroid dienone is 3. The number of hydrogen-bond donors (Lipinski definition) is 2. The van der Waals surface area contributed by atoms with Crippen LogP contribution < -0.4 is 0 Å². The monoisotopic (exact) mass is 258 g/mol. The van der Waals surface area contributed by atoms with Crippen LogP contribution in [0.25, 0.3) is 0 Å². The molecule has 18 heavy (non-hydrogen) atoms. The van der Waals surface area contributed by atoms with E-state index in [2.05, 4.69) is 37.6 Å². The Hall–Kier alpha value is -1.58. The molecule has 0 aliphatic rings. The van der Waals surface area contributed by atoms with E-state index in [4.69, 9.17) is 10.2 Å². The van der Waals surface area contributed by atoms with Crippen molar-refractivity contribution in [3.63, 3.8) is 0 Å². The van der Waals surface area contributed by atoms with Gasteiger partial charge in [-0.15, -0.1) is 19.7 Å². The van der Waals surface area contributed by atoms with Crippen molar-refractivity contribution in [3.05, 3.63) is 63.6 Å². The molecule has 0 spiro atoms. The first kappa shape index (κ1) is 29.9. The van der Waals surface area contributed by atoms with Gasteiger partial charge < -0.3 is 14.9 Å². The van der Waals surface area contributed by atoms with Crippen molar-refractivity contribution < 1.29 is 14.9 Å². The molecule has 0 fully saturated rings. The summed E-state index contributed by atoms with van der Waals surface area (Å²) in [5.74, 6) is 0. The first-order valence-corrected chi connectivity index (χ1v) is 5.38. The van der Waals surface area contributed by atoms with Gasteiger partial charge in [0.2, 0.25) is 0 Å². The van der Waals surface area contributed by atoms with E-state index in [1.165, 1.54) is 12.5 Å². The van der Waals surface area contributed by atoms with E-state index in [1.54, 1.807) is 18.2 Å². The van der Waals surface area contributed by atoms with E-state index in [0.717, 1.165) is 0 Å². The molecule has 0 saturated carbocycles. The van der Waals surface area contributed by atoms with Gasteiger partial charge in [-0.1, -0.05) is 31.4 Å². The van der Waals surface area contributed by atoms with Gasteiger partial charge in [0, 0.05) is 0 Å². The summed E-state index contributed by atoms with van der Waals surface area (Å²) in [4.78, 5) is 0. The highest BCUT2D eigenvalue weighted by molar-refractivity contribution is 4.57. The Balaban J connectivity index is -0.0000000400. The molecule has 0 bridgehead atoms. The number of ether oxygens (including phenoxy) is 1. The van der Waals surface area contributed by atoms with E-state index in [1.807, 2.05) is 20.8 Å². The summed E-state index contributed by atoms with van der Waals surface area (Å²) >= 11 is 0. The van der Waals surface area contributed by atoms with Gasteiger partial charge in [-0.2, -0.15) is 0 Å². The Bertz CT molecular complexity index is 130. The van der Waals surface area contributed by atoms with E-state index in [0.29, 0.717) is 0 Å². The SMILES string of the molecule is C=CC.C=CC.C=CC.C=COC=C.OCCO. The van der Waals surface area contributed by atoms with Crippen molar-refractivity contribution in [2.24, 2.45) is 0 Å². The second-order valence-electron chi connectivity index (χ2n) is 2.14. The minimum atomic E-state index is -0.125. The molecule has 0 aliphatic heterocycles. The van der Waals surface area contributed by atoms with Crippen LogP contribution in [0.2, 0.25) is 0 Å². The molecule has 0 aliphatic carbocycles. The second kappa shape index (κ2) is 77.8. The average Bonchev–Trinajstić information content (AvgIpc) is 2.33. The summed E-state index contributed by atoms with van der Waals surface area (Å²) < 4.78 is 4.36. The molecule has 0 unspecified atom stereocenters. The van der Waals surface area contributed by atoms with Crippen LogP contribution in [0, 0.1) is 0 Å². The van der Waals surface area contributed by atoms with Crippen molar-refractivity contribution in [2.45, 2.75) is 20.8 Å². The van der Waals surface area contributed by atoms with Gasteiger partial charge in [0.1, 0.15) is 0 Å². The van der Waals surface area contributed by atoms with Gasteiger partial charge in [0.15, 0.2) is 0 Å². The predicted molar refractivity (Wildman–Crippen MR) is 83.3 cm³/mol. The molecule has 0 heterocycles. The highest BCUT2D eigenvalue weighted by Gasteiger charge is 1.58. The van der Waals surface area contributed by atoms with Gasteiger partial charge in [0.25, 0.3) is 0 Å². The van der Waals surface area contributed by atoms with E-state index >= 15 is 0 Å². The fraction of sp³-hybridized carbons (Fsp3) is 0.333. The third-order valence-corrected chi connectivity index (χ3v) is 0.292. The van der Waals surface area contributed by atoms with Crippen LogP contribution >= 0.6 is 0 Å². The fourth-order valence-corrected chi connectivity index (χ4v) is 0.0680. The Kier molecular flexibility index (Phi) is 129. The summed E-state index contributed by atoms with van der Waals surface area (Å²) in [6.07, 6.45) is 7.88. The topological polar surface area (TPSA) is 49.7 Å². The fourth-order valence-electron chi connectivity index (χ4n) is 0.0680. The number of aliphatic hydroxyl groups excluding tert-OH is 2. The zero-order chi connectivity index (χ0) is 15.7. The lowest BCUT2D eigenvalue weighted by molar-refractivity contribution is 0.186. The van der Waals surface area contributed by atoms with Gasteiger partial charge in [-0.3, -0.25) is 0 Å². The third-order valence-electron chi connectivity index (χ3n) is 0.292. The molecule has 0 saturated heterocycles. The molecule has 0 radical (unpaired) electrons. The highest BCUT2D eigenvalue weighted by Crippen LogP contribution is 1.65. The van der Waals surface area contributed by atoms with Crippen molar-refractivity contribution in [3.8, 4) is 0 Å². The third kappa shape index (κ3) is 1290. The van der Waals surface area contributed by atoms with Crippen LogP contribution in [0.1, 0.15) is 20.8 Å². The molecule has 0 aromatic heterocycles. The maximum atomic E-state index is 7.62. The summed E-state index contributed by atoms with van der Waals surface area (Å²) in [6.45, 7) is 22.0. The number of rotatable bonds is 3. The molecule has 0 atom stereocenters. The lowest BCUT2D eigenvalue weighted by atomic mass is 10.8. The van der Waals surface area contributed by atoms with Crippen LogP contribution in [-0.4, -0.2) is 23.4 Å². The van der Waals surface area contributed by atoms with Crippen molar-refractivity contribution in [2.75, 3.05) is 13.2 Å². The van der Waals surface area contributed by atoms with Crippen LogP contribution in [-0.2, 0) is 4.74 Å². The van der Waals surface area contributed by atoms with Crippen molar-refractivity contribution in [1.29, 1.82) is 0 Å². The summed E-state index contributed by atoms with van der Waals surface area (Å²) in [6, 6.07) is 0. The van der Waals surface area contributed by atoms with E-state index in [-0.39, 0.29) is 13.2 Å². The minimum absolute atomic E-state index is 0.125. The summed E-state index contributed by atoms with van der Waals surface area (Å²) in [7, 11) is 0. The zero-order valence-electron chi connectivity index (χ0n) is 12.1. The molecule has 2 N–H and O–H groups in total. The number of aliphatic hydroxyl groups is 2. The van der Waals surface area contributed by atoms with Gasteiger partial charge in [-0.25, -0.2) is 0 Å². The number of hydrogen-bond acceptors (Lipinski definition) is 3. The molecule has 3 heteroatoms. The average molecular weight is 258 g/mol. The first-order valence-electron chi connectivity index (χ1n) is 5.38. The normalized spacial score (nSPS) is 5.39. The van der Waals surface area contributed by atoms with Crippen LogP contribution in [0.15, 0.2) is 63.6 Å². The smallest absolute Gasteiger partial charge is 0.0829 e. The van der Waals surface area contributed by atoms with Crippen LogP contribution in [0.4, 0.5) is 0 Å². The molecule has 108 valence electrons. The van der Waals surface area contributed by atoms with E-state index in [9.17, 15) is 0 Å². The van der Waals surface area contributed by atoms with Crippen LogP contribution in [0.3, 0.4) is 0 Å². The Morgan fingerprint density at radius 2 is 0.889 bits per heavy atom. The van der Waals surface area contributed by atoms with Gasteiger partial charge >= 0.3 is 0 Å². The van der Waals surface area contributed by atoms with Crippen LogP contribution in [0.5, 0.6) is 0 Å². The predicted octanol–water partition coefficient (Wildman–Crippen LogP) is 3.84. The standard InChI is InChI=1S/C4H6O.3C3H6.C2H6O2/c1-3-5-4-2;3*1-3-2;3-1-2-4/h3-4H,1-2H2;3*3H,1H2,2H3;3-4H,1-2H2. The second-order valence-corrected chi connectivity index (χ2v) is 2.14. The Morgan fingerprint density at radius 3 is 0.889 bits per heavy atom. The molecule has 0 rings (SSSR count). The maximum Gasteiger partial charge on any atom is 0.0829 e. The molecular formula is C15H30O3. The first-order chi connectivity index (χ1) is 8.57. The highest BCUT2D eigenvalue weighted by atomic mass is 16.5. The molecule has 0 aromatic rings. The molecule has 0 aromatic carbocycles. The summed E-state index contributed by atoms with van der Waals surface area (Å²) in [5.41, 5.74) is 0. The zero-order valence-corrected chi connectivity index (χ0v) is 12.1. The maximum absolute atomic E-state index is 7.62. The van der Waals surface area contributed by atoms with Gasteiger partial charge in [0.05, 0.1) is 25.7 Å². The lowest BCUT2D eigenvalue weighted by Gasteiger charge is -1.76.